The molecule has 1 aromatic heterocycles. The fraction of sp³-hybridized carbons (Fsp3) is 0.375. The quantitative estimate of drug-likeness (QED) is 0.809. The summed E-state index contributed by atoms with van der Waals surface area (Å²) in [7, 11) is 0.868. The Bertz CT molecular complexity index is 801. The van der Waals surface area contributed by atoms with Gasteiger partial charge in [0.15, 0.2) is 11.5 Å². The Morgan fingerprint density at radius 2 is 1.83 bits per heavy atom. The maximum atomic E-state index is 12.5. The van der Waals surface area contributed by atoms with E-state index >= 15 is 0 Å². The largest absolute Gasteiger partial charge is 0.493 e. The number of hydrogen-bond acceptors (Lipinski definition) is 6. The first-order valence-corrected chi connectivity index (χ1v) is 9.48. The van der Waals surface area contributed by atoms with Crippen molar-refractivity contribution in [3.8, 4) is 11.5 Å². The number of aryl methyl sites for hydroxylation is 1. The smallest absolute Gasteiger partial charge is 0.252 e. The van der Waals surface area contributed by atoms with Crippen LogP contribution in [0.2, 0.25) is 0 Å². The number of likely N-dealkylation sites (N-methyl/N-ethyl adjacent to an activating group) is 1. The summed E-state index contributed by atoms with van der Waals surface area (Å²) in [6.45, 7) is 1.79. The first kappa shape index (κ1) is 18.7. The van der Waals surface area contributed by atoms with Gasteiger partial charge in [-0.25, -0.2) is 8.42 Å². The number of aliphatic hydroxyl groups is 1. The molecule has 8 heteroatoms. The highest BCUT2D eigenvalue weighted by atomic mass is 32.2. The second-order valence-corrected chi connectivity index (χ2v) is 8.84. The molecule has 132 valence electrons. The van der Waals surface area contributed by atoms with Crippen molar-refractivity contribution in [1.29, 1.82) is 0 Å². The third-order valence-corrected chi connectivity index (χ3v) is 6.89. The Hall–Kier alpha value is -1.61. The molecule has 0 amide bonds. The molecule has 0 bridgehead atoms. The van der Waals surface area contributed by atoms with Crippen molar-refractivity contribution in [3.05, 3.63) is 40.8 Å². The summed E-state index contributed by atoms with van der Waals surface area (Å²) in [6.07, 6.45) is -0.981. The monoisotopic (exact) mass is 371 g/mol. The van der Waals surface area contributed by atoms with E-state index in [1.807, 2.05) is 6.92 Å². The lowest BCUT2D eigenvalue weighted by Gasteiger charge is -2.20. The molecule has 0 fully saturated rings. The molecule has 2 aromatic rings. The summed E-state index contributed by atoms with van der Waals surface area (Å²) >= 11 is 1.21. The fourth-order valence-electron chi connectivity index (χ4n) is 2.21. The minimum absolute atomic E-state index is 0.0607. The van der Waals surface area contributed by atoms with E-state index in [4.69, 9.17) is 9.47 Å². The summed E-state index contributed by atoms with van der Waals surface area (Å²) in [5.74, 6) is 1.02. The predicted molar refractivity (Wildman–Crippen MR) is 93.4 cm³/mol. The van der Waals surface area contributed by atoms with Crippen LogP contribution in [0.25, 0.3) is 0 Å². The molecule has 1 unspecified atom stereocenters. The molecule has 1 N–H and O–H groups in total. The van der Waals surface area contributed by atoms with Crippen LogP contribution in [-0.2, 0) is 10.0 Å². The van der Waals surface area contributed by atoms with Gasteiger partial charge in [-0.15, -0.1) is 11.3 Å². The van der Waals surface area contributed by atoms with Gasteiger partial charge in [0.2, 0.25) is 0 Å². The number of methoxy groups -OCH3 is 2. The summed E-state index contributed by atoms with van der Waals surface area (Å²) < 4.78 is 36.8. The Morgan fingerprint density at radius 1 is 1.17 bits per heavy atom. The maximum absolute atomic E-state index is 12.5. The van der Waals surface area contributed by atoms with Gasteiger partial charge in [-0.2, -0.15) is 4.31 Å². The number of ether oxygens (including phenoxy) is 2. The number of aliphatic hydroxyl groups excluding tert-OH is 1. The van der Waals surface area contributed by atoms with E-state index in [0.717, 1.165) is 9.18 Å². The van der Waals surface area contributed by atoms with Crippen molar-refractivity contribution in [2.45, 2.75) is 17.2 Å². The van der Waals surface area contributed by atoms with Gasteiger partial charge in [-0.1, -0.05) is 6.07 Å². The normalized spacial score (nSPS) is 13.1. The molecule has 1 atom stereocenters. The van der Waals surface area contributed by atoms with E-state index in [1.54, 1.807) is 30.3 Å². The number of rotatable bonds is 7. The van der Waals surface area contributed by atoms with Gasteiger partial charge < -0.3 is 14.6 Å². The van der Waals surface area contributed by atoms with Crippen LogP contribution in [0.3, 0.4) is 0 Å². The van der Waals surface area contributed by atoms with Crippen LogP contribution in [0.1, 0.15) is 16.5 Å². The Morgan fingerprint density at radius 3 is 2.38 bits per heavy atom. The van der Waals surface area contributed by atoms with Crippen molar-refractivity contribution in [2.75, 3.05) is 27.8 Å². The van der Waals surface area contributed by atoms with E-state index in [-0.39, 0.29) is 10.8 Å². The third kappa shape index (κ3) is 3.89. The average molecular weight is 371 g/mol. The molecule has 0 aliphatic heterocycles. The van der Waals surface area contributed by atoms with Crippen molar-refractivity contribution in [1.82, 2.24) is 4.31 Å². The number of nitrogens with zero attached hydrogens (tertiary/aromatic N) is 1. The zero-order chi connectivity index (χ0) is 17.9. The van der Waals surface area contributed by atoms with Crippen LogP contribution < -0.4 is 9.47 Å². The topological polar surface area (TPSA) is 76.1 Å². The lowest BCUT2D eigenvalue weighted by molar-refractivity contribution is 0.154. The number of benzene rings is 1. The highest BCUT2D eigenvalue weighted by Gasteiger charge is 2.25. The zero-order valence-electron chi connectivity index (χ0n) is 14.0. The number of hydrogen-bond donors (Lipinski definition) is 1. The Kier molecular flexibility index (Phi) is 5.87. The van der Waals surface area contributed by atoms with E-state index < -0.39 is 16.1 Å². The molecule has 6 nitrogen and oxygen atoms in total. The van der Waals surface area contributed by atoms with E-state index in [9.17, 15) is 13.5 Å². The maximum Gasteiger partial charge on any atom is 0.252 e. The summed E-state index contributed by atoms with van der Waals surface area (Å²) in [5.41, 5.74) is 0.553. The molecule has 24 heavy (non-hydrogen) atoms. The molecular weight excluding hydrogens is 350 g/mol. The van der Waals surface area contributed by atoms with Crippen molar-refractivity contribution in [3.63, 3.8) is 0 Å². The Balaban J connectivity index is 2.18. The first-order chi connectivity index (χ1) is 11.3. The molecular formula is C16H21NO5S2. The molecule has 2 rings (SSSR count). The molecule has 0 aliphatic rings. The molecule has 0 aliphatic carbocycles. The lowest BCUT2D eigenvalue weighted by atomic mass is 10.1. The van der Waals surface area contributed by atoms with Gasteiger partial charge in [0, 0.05) is 18.5 Å². The number of sulfonamides is 1. The third-order valence-electron chi connectivity index (χ3n) is 3.60. The summed E-state index contributed by atoms with van der Waals surface area (Å²) in [6, 6.07) is 8.33. The van der Waals surface area contributed by atoms with E-state index in [0.29, 0.717) is 17.1 Å². The first-order valence-electron chi connectivity index (χ1n) is 7.22. The van der Waals surface area contributed by atoms with Crippen LogP contribution in [0.4, 0.5) is 0 Å². The molecule has 0 radical (unpaired) electrons. The standard InChI is InChI=1S/C16H21NO5S2/c1-11-5-8-16(23-11)24(19,20)17(2)10-13(18)12-6-7-14(21-3)15(9-12)22-4/h5-9,13,18H,10H2,1-4H3. The second-order valence-electron chi connectivity index (χ2n) is 5.28. The van der Waals surface area contributed by atoms with Crippen molar-refractivity contribution >= 4 is 21.4 Å². The van der Waals surface area contributed by atoms with Crippen LogP contribution in [0.15, 0.2) is 34.5 Å². The van der Waals surface area contributed by atoms with Crippen molar-refractivity contribution in [2.24, 2.45) is 0 Å². The SMILES string of the molecule is COc1ccc(C(O)CN(C)S(=O)(=O)c2ccc(C)s2)cc1OC. The van der Waals surface area contributed by atoms with Gasteiger partial charge in [0.05, 0.1) is 20.3 Å². The average Bonchev–Trinajstić information content (AvgIpc) is 3.01. The van der Waals surface area contributed by atoms with Crippen LogP contribution in [0, 0.1) is 6.92 Å². The molecule has 0 saturated carbocycles. The van der Waals surface area contributed by atoms with Gasteiger partial charge in [-0.05, 0) is 36.8 Å². The molecule has 1 heterocycles. The zero-order valence-corrected chi connectivity index (χ0v) is 15.6. The highest BCUT2D eigenvalue weighted by molar-refractivity contribution is 7.91. The van der Waals surface area contributed by atoms with Crippen molar-refractivity contribution < 1.29 is 23.0 Å². The molecule has 0 saturated heterocycles. The van der Waals surface area contributed by atoms with Crippen LogP contribution in [0.5, 0.6) is 11.5 Å². The predicted octanol–water partition coefficient (Wildman–Crippen LogP) is 2.43. The van der Waals surface area contributed by atoms with E-state index in [1.165, 1.54) is 32.6 Å². The van der Waals surface area contributed by atoms with E-state index in [2.05, 4.69) is 0 Å². The molecule has 0 spiro atoms. The van der Waals surface area contributed by atoms with Crippen LogP contribution >= 0.6 is 11.3 Å². The fourth-order valence-corrected chi connectivity index (χ4v) is 4.88. The van der Waals surface area contributed by atoms with Gasteiger partial charge in [-0.3, -0.25) is 0 Å². The Labute approximate surface area is 146 Å². The lowest BCUT2D eigenvalue weighted by Crippen LogP contribution is -2.30. The minimum atomic E-state index is -3.61. The number of thiophene rings is 1. The highest BCUT2D eigenvalue weighted by Crippen LogP contribution is 2.31. The second kappa shape index (κ2) is 7.52. The summed E-state index contributed by atoms with van der Waals surface area (Å²) in [5, 5.41) is 10.4. The minimum Gasteiger partial charge on any atom is -0.493 e. The van der Waals surface area contributed by atoms with Crippen LogP contribution in [-0.4, -0.2) is 45.6 Å². The van der Waals surface area contributed by atoms with Gasteiger partial charge in [0.25, 0.3) is 10.0 Å². The van der Waals surface area contributed by atoms with Gasteiger partial charge in [0.1, 0.15) is 4.21 Å². The van der Waals surface area contributed by atoms with Gasteiger partial charge >= 0.3 is 0 Å². The summed E-state index contributed by atoms with van der Waals surface area (Å²) in [4.78, 5) is 0.919. The molecule has 1 aromatic carbocycles.